The molecule has 3 heteroatoms. The summed E-state index contributed by atoms with van der Waals surface area (Å²) in [6.45, 7) is 1.31. The lowest BCUT2D eigenvalue weighted by molar-refractivity contribution is -0.112. The topological polar surface area (TPSA) is 63.3 Å². The molecule has 0 aliphatic rings. The van der Waals surface area contributed by atoms with Crippen LogP contribution in [0.4, 0.5) is 0 Å². The van der Waals surface area contributed by atoms with Gasteiger partial charge in [-0.05, 0) is 6.92 Å². The molecule has 0 saturated heterocycles. The Morgan fingerprint density at radius 3 is 2.29 bits per heavy atom. The maximum absolute atomic E-state index is 9.94. The molecule has 0 aliphatic carbocycles. The van der Waals surface area contributed by atoms with Crippen molar-refractivity contribution in [2.24, 2.45) is 5.73 Å². The molecule has 0 unspecified atom stereocenters. The lowest BCUT2D eigenvalue weighted by Gasteiger charge is -1.81. The molecule has 0 amide bonds. The quantitative estimate of drug-likeness (QED) is 0.359. The Bertz CT molecular complexity index is 102. The maximum atomic E-state index is 9.94. The molecule has 0 spiro atoms. The van der Waals surface area contributed by atoms with Crippen LogP contribution in [0.15, 0.2) is 12.0 Å². The Labute approximate surface area is 41.4 Å². The highest BCUT2D eigenvalue weighted by atomic mass is 16.3. The summed E-state index contributed by atoms with van der Waals surface area (Å²) >= 11 is 0. The van der Waals surface area contributed by atoms with E-state index in [1.54, 1.807) is 0 Å². The van der Waals surface area contributed by atoms with Crippen LogP contribution in [-0.4, -0.2) is 10.9 Å². The van der Waals surface area contributed by atoms with E-state index in [4.69, 9.17) is 5.11 Å². The third-order valence-electron chi connectivity index (χ3n) is 0.351. The molecule has 0 heterocycles. The Kier molecular flexibility index (Phi) is 1.91. The van der Waals surface area contributed by atoms with Crippen molar-refractivity contribution < 1.29 is 9.90 Å². The van der Waals surface area contributed by atoms with Crippen molar-refractivity contribution in [3.05, 3.63) is 12.0 Å². The van der Waals surface area contributed by atoms with E-state index in [1.165, 1.54) is 6.92 Å². The number of rotatable bonds is 1. The van der Waals surface area contributed by atoms with Gasteiger partial charge in [-0.3, -0.25) is 4.79 Å². The molecule has 0 aliphatic heterocycles. The fraction of sp³-hybridized carbons (Fsp3) is 0.250. The largest absolute Gasteiger partial charge is 0.495 e. The number of aliphatic hydroxyl groups is 1. The Morgan fingerprint density at radius 2 is 2.29 bits per heavy atom. The molecular weight excluding hydrogens is 94.0 g/mol. The van der Waals surface area contributed by atoms with E-state index in [1.807, 2.05) is 0 Å². The van der Waals surface area contributed by atoms with Crippen LogP contribution in [0.3, 0.4) is 0 Å². The van der Waals surface area contributed by atoms with Gasteiger partial charge in [-0.2, -0.15) is 0 Å². The predicted octanol–water partition coefficient (Wildman–Crippen LogP) is -0.0665. The predicted molar refractivity (Wildman–Crippen MR) is 25.6 cm³/mol. The Hall–Kier alpha value is -0.990. The van der Waals surface area contributed by atoms with Gasteiger partial charge in [0.25, 0.3) is 0 Å². The summed E-state index contributed by atoms with van der Waals surface area (Å²) in [6.07, 6.45) is 0.944. The highest BCUT2D eigenvalue weighted by Gasteiger charge is 1.83. The first-order chi connectivity index (χ1) is 3.13. The van der Waals surface area contributed by atoms with Gasteiger partial charge in [0.05, 0.1) is 0 Å². The van der Waals surface area contributed by atoms with Crippen LogP contribution in [0.25, 0.3) is 0 Å². The second kappa shape index (κ2) is 2.23. The van der Waals surface area contributed by atoms with Crippen LogP contribution in [0.2, 0.25) is 0 Å². The minimum Gasteiger partial charge on any atom is -0.495 e. The number of hydrogen-bond donors (Lipinski definition) is 2. The number of allylic oxidation sites excluding steroid dienone is 1. The molecule has 0 rings (SSSR count). The van der Waals surface area contributed by atoms with Gasteiger partial charge < -0.3 is 10.8 Å². The van der Waals surface area contributed by atoms with Crippen LogP contribution in [0, 0.1) is 0 Å². The van der Waals surface area contributed by atoms with Crippen molar-refractivity contribution in [2.45, 2.75) is 6.92 Å². The zero-order chi connectivity index (χ0) is 5.86. The number of ketones is 1. The molecule has 0 radical (unpaired) electrons. The molecule has 3 nitrogen and oxygen atoms in total. The third-order valence-corrected chi connectivity index (χ3v) is 0.351. The minimum absolute atomic E-state index is 0.250. The molecule has 0 saturated carbocycles. The maximum Gasteiger partial charge on any atom is 0.185 e. The molecule has 0 aromatic heterocycles. The highest BCUT2D eigenvalue weighted by Crippen LogP contribution is 1.74. The summed E-state index contributed by atoms with van der Waals surface area (Å²) in [5.74, 6) is -0.687. The van der Waals surface area contributed by atoms with Gasteiger partial charge in [-0.15, -0.1) is 0 Å². The second-order valence-electron chi connectivity index (χ2n) is 1.18. The normalized spacial score (nSPS) is 11.3. The molecule has 0 bridgehead atoms. The molecule has 0 fully saturated rings. The molecule has 40 valence electrons. The Balaban J connectivity index is 3.68. The first kappa shape index (κ1) is 6.01. The number of carbonyl (C=O) groups is 1. The zero-order valence-electron chi connectivity index (χ0n) is 4.01. The van der Waals surface area contributed by atoms with E-state index < -0.39 is 5.88 Å². The second-order valence-corrected chi connectivity index (χ2v) is 1.18. The third kappa shape index (κ3) is 5.01. The van der Waals surface area contributed by atoms with E-state index >= 15 is 0 Å². The van der Waals surface area contributed by atoms with E-state index in [9.17, 15) is 4.79 Å². The van der Waals surface area contributed by atoms with E-state index in [-0.39, 0.29) is 5.78 Å². The molecular formula is C4H7NO2. The molecule has 0 aromatic carbocycles. The SMILES string of the molecule is CC(=O)/C=C(/N)O. The van der Waals surface area contributed by atoms with Gasteiger partial charge in [0, 0.05) is 6.08 Å². The highest BCUT2D eigenvalue weighted by molar-refractivity contribution is 5.87. The van der Waals surface area contributed by atoms with Gasteiger partial charge in [0.2, 0.25) is 0 Å². The molecule has 3 N–H and O–H groups in total. The van der Waals surface area contributed by atoms with Crippen molar-refractivity contribution in [3.63, 3.8) is 0 Å². The molecule has 0 atom stereocenters. The first-order valence-electron chi connectivity index (χ1n) is 1.79. The van der Waals surface area contributed by atoms with Crippen LogP contribution in [0.5, 0.6) is 0 Å². The number of hydrogen-bond acceptors (Lipinski definition) is 3. The summed E-state index contributed by atoms with van der Waals surface area (Å²) < 4.78 is 0. The molecule has 0 aromatic rings. The molecule has 7 heavy (non-hydrogen) atoms. The fourth-order valence-corrected chi connectivity index (χ4v) is 0.208. The average Bonchev–Trinajstić information content (AvgIpc) is 1.27. The van der Waals surface area contributed by atoms with Crippen molar-refractivity contribution in [3.8, 4) is 0 Å². The Morgan fingerprint density at radius 1 is 1.86 bits per heavy atom. The fourth-order valence-electron chi connectivity index (χ4n) is 0.208. The van der Waals surface area contributed by atoms with Gasteiger partial charge in [0.1, 0.15) is 0 Å². The number of carbonyl (C=O) groups excluding carboxylic acids is 1. The van der Waals surface area contributed by atoms with Crippen LogP contribution >= 0.6 is 0 Å². The van der Waals surface area contributed by atoms with E-state index in [2.05, 4.69) is 5.73 Å². The van der Waals surface area contributed by atoms with Crippen molar-refractivity contribution >= 4 is 5.78 Å². The zero-order valence-corrected chi connectivity index (χ0v) is 4.01. The van der Waals surface area contributed by atoms with Gasteiger partial charge in [-0.25, -0.2) is 0 Å². The first-order valence-corrected chi connectivity index (χ1v) is 1.79. The lowest BCUT2D eigenvalue weighted by Crippen LogP contribution is -1.97. The van der Waals surface area contributed by atoms with Crippen molar-refractivity contribution in [2.75, 3.05) is 0 Å². The summed E-state index contributed by atoms with van der Waals surface area (Å²) in [5, 5.41) is 8.14. The van der Waals surface area contributed by atoms with Gasteiger partial charge in [-0.1, -0.05) is 0 Å². The smallest absolute Gasteiger partial charge is 0.185 e. The number of aliphatic hydroxyl groups excluding tert-OH is 1. The van der Waals surface area contributed by atoms with Crippen LogP contribution in [-0.2, 0) is 4.79 Å². The number of nitrogens with two attached hydrogens (primary N) is 1. The summed E-state index contributed by atoms with van der Waals surface area (Å²) in [6, 6.07) is 0. The van der Waals surface area contributed by atoms with Crippen molar-refractivity contribution in [1.82, 2.24) is 0 Å². The van der Waals surface area contributed by atoms with E-state index in [0.29, 0.717) is 0 Å². The van der Waals surface area contributed by atoms with Crippen LogP contribution < -0.4 is 5.73 Å². The van der Waals surface area contributed by atoms with Crippen molar-refractivity contribution in [1.29, 1.82) is 0 Å². The lowest BCUT2D eigenvalue weighted by atomic mass is 10.4. The van der Waals surface area contributed by atoms with E-state index in [0.717, 1.165) is 6.08 Å². The summed E-state index contributed by atoms with van der Waals surface area (Å²) in [5.41, 5.74) is 4.69. The van der Waals surface area contributed by atoms with Crippen LogP contribution in [0.1, 0.15) is 6.92 Å². The van der Waals surface area contributed by atoms with Gasteiger partial charge >= 0.3 is 0 Å². The summed E-state index contributed by atoms with van der Waals surface area (Å²) in [7, 11) is 0. The average molecular weight is 101 g/mol. The monoisotopic (exact) mass is 101 g/mol. The van der Waals surface area contributed by atoms with Gasteiger partial charge in [0.15, 0.2) is 11.7 Å². The minimum atomic E-state index is -0.437. The summed E-state index contributed by atoms with van der Waals surface area (Å²) in [4.78, 5) is 9.94. The standard InChI is InChI=1S/C4H7NO2/c1-3(6)2-4(5)7/h2,7H,5H2,1H3/b4-2-.